The highest BCUT2D eigenvalue weighted by atomic mass is 32.1. The zero-order valence-electron chi connectivity index (χ0n) is 26.2. The SMILES string of the molecule is c1ccc(N2c3cc4ncsc4cc3B3c4cc5c6ccccc6n6c7ccccc7c(c4N(c4ccccc4)c4cccc2c43)c56)cc1. The van der Waals surface area contributed by atoms with E-state index >= 15 is 0 Å². The van der Waals surface area contributed by atoms with Crippen molar-refractivity contribution in [3.05, 3.63) is 151 Å². The molecule has 10 aromatic rings. The largest absolute Gasteiger partial charge is 0.311 e. The van der Waals surface area contributed by atoms with Crippen LogP contribution in [0.4, 0.5) is 34.1 Å². The second-order valence-corrected chi connectivity index (χ2v) is 14.1. The van der Waals surface area contributed by atoms with Crippen LogP contribution in [0.15, 0.2) is 151 Å². The summed E-state index contributed by atoms with van der Waals surface area (Å²) < 4.78 is 3.71. The maximum absolute atomic E-state index is 4.80. The lowest BCUT2D eigenvalue weighted by atomic mass is 9.33. The first-order valence-electron chi connectivity index (χ1n) is 16.8. The minimum absolute atomic E-state index is 0.0261. The fourth-order valence-electron chi connectivity index (χ4n) is 8.97. The molecule has 2 aliphatic rings. The lowest BCUT2D eigenvalue weighted by Crippen LogP contribution is -2.61. The average Bonchev–Trinajstić information content (AvgIpc) is 3.86. The van der Waals surface area contributed by atoms with Crippen LogP contribution < -0.4 is 26.2 Å². The summed E-state index contributed by atoms with van der Waals surface area (Å²) in [5.74, 6) is 0. The second kappa shape index (κ2) is 9.28. The van der Waals surface area contributed by atoms with Gasteiger partial charge in [0.05, 0.1) is 38.0 Å². The smallest absolute Gasteiger partial charge is 0.252 e. The van der Waals surface area contributed by atoms with E-state index < -0.39 is 0 Å². The van der Waals surface area contributed by atoms with Crippen LogP contribution in [0.1, 0.15) is 0 Å². The van der Waals surface area contributed by atoms with Gasteiger partial charge in [-0.3, -0.25) is 0 Å². The molecule has 6 heteroatoms. The van der Waals surface area contributed by atoms with Gasteiger partial charge in [0.1, 0.15) is 0 Å². The molecular weight excluding hydrogens is 615 g/mol. The fraction of sp³-hybridized carbons (Fsp3) is 0. The minimum atomic E-state index is 0.0261. The Bertz CT molecular complexity index is 2970. The van der Waals surface area contributed by atoms with Crippen LogP contribution in [-0.2, 0) is 0 Å². The Morgan fingerprint density at radius 2 is 1.18 bits per heavy atom. The van der Waals surface area contributed by atoms with Gasteiger partial charge in [0.2, 0.25) is 0 Å². The summed E-state index contributed by atoms with van der Waals surface area (Å²) >= 11 is 1.72. The van der Waals surface area contributed by atoms with E-state index in [1.165, 1.54) is 81.9 Å². The molecule has 0 saturated heterocycles. The van der Waals surface area contributed by atoms with Gasteiger partial charge in [-0.25, -0.2) is 4.98 Å². The summed E-state index contributed by atoms with van der Waals surface area (Å²) in [4.78, 5) is 9.80. The molecule has 12 rings (SSSR count). The van der Waals surface area contributed by atoms with Gasteiger partial charge in [-0.1, -0.05) is 84.9 Å². The third-order valence-corrected chi connectivity index (χ3v) is 11.6. The Kier molecular flexibility index (Phi) is 4.91. The van der Waals surface area contributed by atoms with Crippen molar-refractivity contribution in [1.82, 2.24) is 9.38 Å². The molecule has 0 atom stereocenters. The van der Waals surface area contributed by atoms with Crippen molar-refractivity contribution in [2.75, 3.05) is 9.80 Å². The number of benzene rings is 7. The molecule has 0 bridgehead atoms. The number of nitrogens with zero attached hydrogens (tertiary/aromatic N) is 4. The highest BCUT2D eigenvalue weighted by Gasteiger charge is 2.45. The first kappa shape index (κ1) is 25.9. The van der Waals surface area contributed by atoms with Gasteiger partial charge in [-0.2, -0.15) is 0 Å². The first-order valence-corrected chi connectivity index (χ1v) is 17.6. The van der Waals surface area contributed by atoms with E-state index in [1.54, 1.807) is 11.3 Å². The quantitative estimate of drug-likeness (QED) is 0.176. The van der Waals surface area contributed by atoms with Crippen molar-refractivity contribution in [1.29, 1.82) is 0 Å². The summed E-state index contributed by atoms with van der Waals surface area (Å²) in [7, 11) is 0. The summed E-state index contributed by atoms with van der Waals surface area (Å²) in [6, 6.07) is 53.7. The number of rotatable bonds is 2. The molecule has 5 heterocycles. The summed E-state index contributed by atoms with van der Waals surface area (Å²) in [5, 5.41) is 5.19. The minimum Gasteiger partial charge on any atom is -0.311 e. The van der Waals surface area contributed by atoms with Crippen molar-refractivity contribution in [2.24, 2.45) is 0 Å². The van der Waals surface area contributed by atoms with Crippen LogP contribution in [-0.4, -0.2) is 16.1 Å². The van der Waals surface area contributed by atoms with Gasteiger partial charge >= 0.3 is 0 Å². The normalized spacial score (nSPS) is 13.6. The molecule has 226 valence electrons. The van der Waals surface area contributed by atoms with E-state index in [2.05, 4.69) is 160 Å². The third-order valence-electron chi connectivity index (χ3n) is 10.8. The first-order chi connectivity index (χ1) is 24.3. The standard InChI is InChI=1S/C43H25BN4S/c1-3-12-26(13-4-1)46-36-20-11-21-37-41(36)44(31-23-39-33(24-38(31)46)45-25-49-39)32-22-30-28-16-7-9-18-34(28)48-35-19-10-8-17-29(35)40(42(30)48)43(32)47(37)27-14-5-2-6-15-27/h1-25H. The molecule has 0 fully saturated rings. The lowest BCUT2D eigenvalue weighted by Gasteiger charge is -2.44. The van der Waals surface area contributed by atoms with Crippen molar-refractivity contribution in [3.63, 3.8) is 0 Å². The Hall–Kier alpha value is -6.11. The van der Waals surface area contributed by atoms with E-state index in [-0.39, 0.29) is 6.71 Å². The third kappa shape index (κ3) is 3.22. The fourth-order valence-corrected chi connectivity index (χ4v) is 9.68. The van der Waals surface area contributed by atoms with Crippen molar-refractivity contribution in [3.8, 4) is 0 Å². The van der Waals surface area contributed by atoms with Crippen molar-refractivity contribution in [2.45, 2.75) is 0 Å². The van der Waals surface area contributed by atoms with E-state index in [9.17, 15) is 0 Å². The van der Waals surface area contributed by atoms with Gasteiger partial charge in [0, 0.05) is 50.0 Å². The molecule has 7 aromatic carbocycles. The van der Waals surface area contributed by atoms with Crippen molar-refractivity contribution >= 4 is 117 Å². The summed E-state index contributed by atoms with van der Waals surface area (Å²) in [5.41, 5.74) is 18.0. The second-order valence-electron chi connectivity index (χ2n) is 13.2. The highest BCUT2D eigenvalue weighted by molar-refractivity contribution is 7.17. The van der Waals surface area contributed by atoms with Crippen molar-refractivity contribution < 1.29 is 0 Å². The molecular formula is C43H25BN4S. The number of fused-ring (bicyclic) bond motifs is 12. The van der Waals surface area contributed by atoms with Crippen LogP contribution in [0, 0.1) is 0 Å². The summed E-state index contributed by atoms with van der Waals surface area (Å²) in [6.07, 6.45) is 0. The van der Waals surface area contributed by atoms with E-state index in [0.717, 1.165) is 16.9 Å². The number of anilines is 6. The highest BCUT2D eigenvalue weighted by Crippen LogP contribution is 2.50. The maximum Gasteiger partial charge on any atom is 0.252 e. The van der Waals surface area contributed by atoms with E-state index in [4.69, 9.17) is 4.98 Å². The van der Waals surface area contributed by atoms with Gasteiger partial charge in [0.25, 0.3) is 6.71 Å². The van der Waals surface area contributed by atoms with Crippen LogP contribution >= 0.6 is 11.3 Å². The predicted molar refractivity (Wildman–Crippen MR) is 208 cm³/mol. The van der Waals surface area contributed by atoms with Crippen LogP contribution in [0.25, 0.3) is 48.3 Å². The monoisotopic (exact) mass is 640 g/mol. The number of aromatic nitrogens is 2. The zero-order valence-corrected chi connectivity index (χ0v) is 27.0. The van der Waals surface area contributed by atoms with E-state index in [0.29, 0.717) is 0 Å². The lowest BCUT2D eigenvalue weighted by molar-refractivity contribution is 1.26. The van der Waals surface area contributed by atoms with Crippen LogP contribution in [0.3, 0.4) is 0 Å². The Balaban J connectivity index is 1.31. The maximum atomic E-state index is 4.80. The number of hydrogen-bond acceptors (Lipinski definition) is 4. The molecule has 2 aliphatic heterocycles. The molecule has 0 amide bonds. The molecule has 0 radical (unpaired) electrons. The molecule has 0 saturated carbocycles. The summed E-state index contributed by atoms with van der Waals surface area (Å²) in [6.45, 7) is 0.0261. The average molecular weight is 641 g/mol. The molecule has 0 unspecified atom stereocenters. The number of para-hydroxylation sites is 4. The Morgan fingerprint density at radius 3 is 1.96 bits per heavy atom. The molecule has 49 heavy (non-hydrogen) atoms. The van der Waals surface area contributed by atoms with Crippen LogP contribution in [0.5, 0.6) is 0 Å². The topological polar surface area (TPSA) is 23.8 Å². The van der Waals surface area contributed by atoms with Gasteiger partial charge in [-0.05, 0) is 77.1 Å². The van der Waals surface area contributed by atoms with Gasteiger partial charge in [-0.15, -0.1) is 11.3 Å². The molecule has 3 aromatic heterocycles. The zero-order chi connectivity index (χ0) is 31.8. The van der Waals surface area contributed by atoms with Crippen LogP contribution in [0.2, 0.25) is 0 Å². The Labute approximate surface area is 286 Å². The molecule has 0 N–H and O–H groups in total. The predicted octanol–water partition coefficient (Wildman–Crippen LogP) is 9.53. The molecule has 0 aliphatic carbocycles. The van der Waals surface area contributed by atoms with E-state index in [1.807, 2.05) is 5.51 Å². The Morgan fingerprint density at radius 1 is 0.531 bits per heavy atom. The number of hydrogen-bond donors (Lipinski definition) is 0. The van der Waals surface area contributed by atoms with Gasteiger partial charge in [0.15, 0.2) is 0 Å². The number of thiazole rings is 1. The molecule has 4 nitrogen and oxygen atoms in total. The van der Waals surface area contributed by atoms with Gasteiger partial charge < -0.3 is 14.2 Å². The molecule has 0 spiro atoms.